The van der Waals surface area contributed by atoms with E-state index in [9.17, 15) is 4.39 Å². The third-order valence-electron chi connectivity index (χ3n) is 2.54. The second-order valence-electron chi connectivity index (χ2n) is 3.84. The summed E-state index contributed by atoms with van der Waals surface area (Å²) in [5.41, 5.74) is 0.440. The van der Waals surface area contributed by atoms with Gasteiger partial charge in [0.05, 0.1) is 4.88 Å². The SMILES string of the molecule is Fc1cccc(Cl)c1CSc1nnc(-c2cccs2)o1. The quantitative estimate of drug-likeness (QED) is 0.640. The van der Waals surface area contributed by atoms with E-state index in [1.165, 1.54) is 29.2 Å². The standard InChI is InChI=1S/C13H8ClFN2OS2/c14-9-3-1-4-10(15)8(9)7-20-13-17-16-12(18-13)11-5-2-6-19-11/h1-6H,7H2. The van der Waals surface area contributed by atoms with E-state index in [2.05, 4.69) is 10.2 Å². The second-order valence-corrected chi connectivity index (χ2v) is 6.12. The summed E-state index contributed by atoms with van der Waals surface area (Å²) < 4.78 is 19.1. The van der Waals surface area contributed by atoms with Crippen molar-refractivity contribution in [2.24, 2.45) is 0 Å². The number of thiophene rings is 1. The Morgan fingerprint density at radius 3 is 2.90 bits per heavy atom. The van der Waals surface area contributed by atoms with E-state index in [1.54, 1.807) is 12.1 Å². The largest absolute Gasteiger partial charge is 0.410 e. The molecule has 3 aromatic rings. The summed E-state index contributed by atoms with van der Waals surface area (Å²) in [6, 6.07) is 8.43. The lowest BCUT2D eigenvalue weighted by Gasteiger charge is -2.02. The molecule has 0 bridgehead atoms. The van der Waals surface area contributed by atoms with Crippen molar-refractivity contribution < 1.29 is 8.81 Å². The highest BCUT2D eigenvalue weighted by atomic mass is 35.5. The number of nitrogens with zero attached hydrogens (tertiary/aromatic N) is 2. The molecule has 3 nitrogen and oxygen atoms in total. The van der Waals surface area contributed by atoms with Crippen LogP contribution in [0.4, 0.5) is 4.39 Å². The number of rotatable bonds is 4. The fraction of sp³-hybridized carbons (Fsp3) is 0.0769. The zero-order valence-corrected chi connectivity index (χ0v) is 12.4. The highest BCUT2D eigenvalue weighted by molar-refractivity contribution is 7.98. The third kappa shape index (κ3) is 2.87. The molecule has 0 radical (unpaired) electrons. The highest BCUT2D eigenvalue weighted by Gasteiger charge is 2.12. The summed E-state index contributed by atoms with van der Waals surface area (Å²) in [5.74, 6) is 0.488. The van der Waals surface area contributed by atoms with Gasteiger partial charge in [-0.15, -0.1) is 21.5 Å². The van der Waals surface area contributed by atoms with Crippen LogP contribution in [0.3, 0.4) is 0 Å². The predicted octanol–water partition coefficient (Wildman–Crippen LogP) is 4.88. The number of thioether (sulfide) groups is 1. The number of hydrogen-bond donors (Lipinski definition) is 0. The number of benzene rings is 1. The van der Waals surface area contributed by atoms with Crippen molar-refractivity contribution >= 4 is 34.7 Å². The molecule has 0 aliphatic heterocycles. The molecule has 20 heavy (non-hydrogen) atoms. The summed E-state index contributed by atoms with van der Waals surface area (Å²) in [7, 11) is 0. The van der Waals surface area contributed by atoms with Crippen molar-refractivity contribution in [3.8, 4) is 10.8 Å². The first-order valence-electron chi connectivity index (χ1n) is 5.67. The number of aromatic nitrogens is 2. The summed E-state index contributed by atoms with van der Waals surface area (Å²) in [5, 5.41) is 10.6. The Morgan fingerprint density at radius 2 is 2.15 bits per heavy atom. The normalized spacial score (nSPS) is 10.9. The third-order valence-corrected chi connectivity index (χ3v) is 4.60. The van der Waals surface area contributed by atoms with Crippen LogP contribution in [-0.2, 0) is 5.75 Å². The molecule has 1 aromatic carbocycles. The topological polar surface area (TPSA) is 38.9 Å². The smallest absolute Gasteiger partial charge is 0.277 e. The first kappa shape index (κ1) is 13.6. The summed E-state index contributed by atoms with van der Waals surface area (Å²) in [4.78, 5) is 0.910. The van der Waals surface area contributed by atoms with Crippen LogP contribution < -0.4 is 0 Å². The fourth-order valence-corrected chi connectivity index (χ4v) is 3.32. The molecule has 0 saturated heterocycles. The van der Waals surface area contributed by atoms with Gasteiger partial charge in [-0.05, 0) is 23.6 Å². The Kier molecular flexibility index (Phi) is 4.05. The van der Waals surface area contributed by atoms with Crippen LogP contribution in [0, 0.1) is 5.82 Å². The van der Waals surface area contributed by atoms with Crippen molar-refractivity contribution in [1.29, 1.82) is 0 Å². The van der Waals surface area contributed by atoms with Gasteiger partial charge in [0, 0.05) is 16.3 Å². The molecule has 3 rings (SSSR count). The van der Waals surface area contributed by atoms with Crippen LogP contribution in [0.5, 0.6) is 0 Å². The Bertz CT molecular complexity index is 695. The predicted molar refractivity (Wildman–Crippen MR) is 78.6 cm³/mol. The molecule has 0 atom stereocenters. The molecule has 0 fully saturated rings. The van der Waals surface area contributed by atoms with Crippen LogP contribution in [0.15, 0.2) is 45.4 Å². The molecule has 7 heteroatoms. The minimum absolute atomic E-state index is 0.331. The molecule has 0 aliphatic rings. The molecule has 0 amide bonds. The first-order chi connectivity index (χ1) is 9.74. The zero-order chi connectivity index (χ0) is 13.9. The van der Waals surface area contributed by atoms with Gasteiger partial charge < -0.3 is 4.42 Å². The van der Waals surface area contributed by atoms with Crippen molar-refractivity contribution in [3.05, 3.63) is 52.1 Å². The van der Waals surface area contributed by atoms with E-state index < -0.39 is 0 Å². The lowest BCUT2D eigenvalue weighted by Crippen LogP contribution is -1.88. The molecule has 102 valence electrons. The van der Waals surface area contributed by atoms with E-state index in [0.717, 1.165) is 4.88 Å². The van der Waals surface area contributed by atoms with Crippen LogP contribution >= 0.6 is 34.7 Å². The van der Waals surface area contributed by atoms with Gasteiger partial charge in [0.25, 0.3) is 11.1 Å². The van der Waals surface area contributed by atoms with E-state index in [0.29, 0.717) is 27.5 Å². The molecule has 0 saturated carbocycles. The van der Waals surface area contributed by atoms with Gasteiger partial charge >= 0.3 is 0 Å². The average molecular weight is 327 g/mol. The van der Waals surface area contributed by atoms with Gasteiger partial charge in [-0.2, -0.15) is 0 Å². The second kappa shape index (κ2) is 5.95. The van der Waals surface area contributed by atoms with E-state index in [1.807, 2.05) is 17.5 Å². The fourth-order valence-electron chi connectivity index (χ4n) is 1.57. The van der Waals surface area contributed by atoms with Gasteiger partial charge in [0.2, 0.25) is 0 Å². The van der Waals surface area contributed by atoms with Gasteiger partial charge in [0.15, 0.2) is 0 Å². The van der Waals surface area contributed by atoms with Gasteiger partial charge in [0.1, 0.15) is 5.82 Å². The zero-order valence-electron chi connectivity index (χ0n) is 10.0. The van der Waals surface area contributed by atoms with E-state index >= 15 is 0 Å². The Labute approximate surface area is 127 Å². The van der Waals surface area contributed by atoms with Crippen LogP contribution in [0.2, 0.25) is 5.02 Å². The van der Waals surface area contributed by atoms with Gasteiger partial charge in [-0.1, -0.05) is 35.5 Å². The van der Waals surface area contributed by atoms with E-state index in [-0.39, 0.29) is 5.82 Å². The van der Waals surface area contributed by atoms with Gasteiger partial charge in [-0.3, -0.25) is 0 Å². The van der Waals surface area contributed by atoms with Crippen molar-refractivity contribution in [1.82, 2.24) is 10.2 Å². The Balaban J connectivity index is 1.73. The monoisotopic (exact) mass is 326 g/mol. The molecule has 2 aromatic heterocycles. The summed E-state index contributed by atoms with van der Waals surface area (Å²) >= 11 is 8.75. The molecule has 0 aliphatic carbocycles. The van der Waals surface area contributed by atoms with Crippen molar-refractivity contribution in [3.63, 3.8) is 0 Å². The maximum absolute atomic E-state index is 13.6. The molecular weight excluding hydrogens is 319 g/mol. The Morgan fingerprint density at radius 1 is 1.25 bits per heavy atom. The highest BCUT2D eigenvalue weighted by Crippen LogP contribution is 2.30. The number of halogens is 2. The lowest BCUT2D eigenvalue weighted by molar-refractivity contribution is 0.466. The molecule has 0 unspecified atom stereocenters. The minimum Gasteiger partial charge on any atom is -0.410 e. The maximum Gasteiger partial charge on any atom is 0.277 e. The lowest BCUT2D eigenvalue weighted by atomic mass is 10.2. The summed E-state index contributed by atoms with van der Waals surface area (Å²) in [6.45, 7) is 0. The molecule has 2 heterocycles. The van der Waals surface area contributed by atoms with Crippen molar-refractivity contribution in [2.45, 2.75) is 11.0 Å². The van der Waals surface area contributed by atoms with Gasteiger partial charge in [-0.25, -0.2) is 4.39 Å². The Hall–Kier alpha value is -1.37. The molecular formula is C13H8ClFN2OS2. The molecule has 0 N–H and O–H groups in total. The average Bonchev–Trinajstić information content (AvgIpc) is 3.09. The maximum atomic E-state index is 13.6. The van der Waals surface area contributed by atoms with Crippen LogP contribution in [-0.4, -0.2) is 10.2 Å². The molecule has 0 spiro atoms. The minimum atomic E-state index is -0.331. The van der Waals surface area contributed by atoms with Crippen LogP contribution in [0.25, 0.3) is 10.8 Å². The van der Waals surface area contributed by atoms with Crippen molar-refractivity contribution in [2.75, 3.05) is 0 Å². The first-order valence-corrected chi connectivity index (χ1v) is 7.91. The summed E-state index contributed by atoms with van der Waals surface area (Å²) in [6.07, 6.45) is 0. The van der Waals surface area contributed by atoms with E-state index in [4.69, 9.17) is 16.0 Å². The van der Waals surface area contributed by atoms with Crippen LogP contribution in [0.1, 0.15) is 5.56 Å². The number of hydrogen-bond acceptors (Lipinski definition) is 5.